The van der Waals surface area contributed by atoms with Crippen LogP contribution in [0.3, 0.4) is 0 Å². The fraction of sp³-hybridized carbons (Fsp3) is 0.571. The molecule has 1 amide bonds. The van der Waals surface area contributed by atoms with E-state index in [4.69, 9.17) is 5.11 Å². The number of carbonyl (C=O) groups excluding carboxylic acids is 1. The standard InChI is InChI=1S/C7H11NO2/c1-7(10)8(2)5-3-4-6-9/h9H,3,5H2,1-2H3. The Hall–Kier alpha value is -1.17. The predicted molar refractivity (Wildman–Crippen MR) is 37.6 cm³/mol. The zero-order chi connectivity index (χ0) is 7.98. The predicted octanol–water partition coefficient (Wildman–Crippen LogP) is 0.188. The van der Waals surface area contributed by atoms with Crippen molar-refractivity contribution < 1.29 is 9.90 Å². The molecular weight excluding hydrogens is 130 g/mol. The Kier molecular flexibility index (Phi) is 4.14. The van der Waals surface area contributed by atoms with Gasteiger partial charge in [-0.3, -0.25) is 4.79 Å². The summed E-state index contributed by atoms with van der Waals surface area (Å²) in [6, 6.07) is 0. The number of amides is 1. The lowest BCUT2D eigenvalue weighted by Crippen LogP contribution is -2.24. The summed E-state index contributed by atoms with van der Waals surface area (Å²) in [6.07, 6.45) is 2.29. The third-order valence-corrected chi connectivity index (χ3v) is 1.19. The van der Waals surface area contributed by atoms with Crippen molar-refractivity contribution in [3.8, 4) is 12.0 Å². The molecule has 0 saturated heterocycles. The Morgan fingerprint density at radius 2 is 2.30 bits per heavy atom. The van der Waals surface area contributed by atoms with Gasteiger partial charge in [0.05, 0.1) is 0 Å². The van der Waals surface area contributed by atoms with E-state index in [1.807, 2.05) is 0 Å². The molecule has 0 aliphatic heterocycles. The van der Waals surface area contributed by atoms with Gasteiger partial charge < -0.3 is 10.0 Å². The van der Waals surface area contributed by atoms with Crippen molar-refractivity contribution in [1.82, 2.24) is 4.90 Å². The summed E-state index contributed by atoms with van der Waals surface area (Å²) in [5.74, 6) is 2.46. The van der Waals surface area contributed by atoms with E-state index in [0.717, 1.165) is 0 Å². The summed E-state index contributed by atoms with van der Waals surface area (Å²) in [7, 11) is 1.70. The number of aliphatic hydroxyl groups is 1. The fourth-order valence-electron chi connectivity index (χ4n) is 0.437. The summed E-state index contributed by atoms with van der Waals surface area (Å²) in [6.45, 7) is 2.06. The van der Waals surface area contributed by atoms with Gasteiger partial charge in [0.25, 0.3) is 0 Å². The molecule has 0 aromatic heterocycles. The number of hydrogen-bond donors (Lipinski definition) is 1. The number of rotatable bonds is 2. The van der Waals surface area contributed by atoms with Gasteiger partial charge in [0, 0.05) is 26.9 Å². The average molecular weight is 141 g/mol. The van der Waals surface area contributed by atoms with E-state index in [0.29, 0.717) is 13.0 Å². The van der Waals surface area contributed by atoms with Crippen LogP contribution < -0.4 is 0 Å². The topological polar surface area (TPSA) is 40.5 Å². The first kappa shape index (κ1) is 8.83. The highest BCUT2D eigenvalue weighted by Gasteiger charge is 1.97. The lowest BCUT2D eigenvalue weighted by atomic mass is 10.4. The second-order valence-corrected chi connectivity index (χ2v) is 1.98. The first-order chi connectivity index (χ1) is 4.68. The van der Waals surface area contributed by atoms with E-state index in [9.17, 15) is 4.79 Å². The highest BCUT2D eigenvalue weighted by molar-refractivity contribution is 5.72. The van der Waals surface area contributed by atoms with Crippen LogP contribution in [0, 0.1) is 12.0 Å². The third kappa shape index (κ3) is 3.79. The number of carbonyl (C=O) groups is 1. The minimum atomic E-state index is 0.0136. The summed E-state index contributed by atoms with van der Waals surface area (Å²) in [5, 5.41) is 8.05. The normalized spacial score (nSPS) is 7.80. The molecule has 0 unspecified atom stereocenters. The van der Waals surface area contributed by atoms with E-state index in [1.165, 1.54) is 6.92 Å². The molecule has 10 heavy (non-hydrogen) atoms. The van der Waals surface area contributed by atoms with Crippen LogP contribution in [0.25, 0.3) is 0 Å². The monoisotopic (exact) mass is 141 g/mol. The molecule has 0 aromatic carbocycles. The molecule has 0 rings (SSSR count). The highest BCUT2D eigenvalue weighted by atomic mass is 16.2. The van der Waals surface area contributed by atoms with Crippen LogP contribution in [0.2, 0.25) is 0 Å². The van der Waals surface area contributed by atoms with E-state index >= 15 is 0 Å². The van der Waals surface area contributed by atoms with Gasteiger partial charge in [0.2, 0.25) is 5.91 Å². The second-order valence-electron chi connectivity index (χ2n) is 1.98. The van der Waals surface area contributed by atoms with Crippen LogP contribution in [0.5, 0.6) is 0 Å². The molecule has 0 aliphatic rings. The minimum Gasteiger partial charge on any atom is -0.462 e. The van der Waals surface area contributed by atoms with Gasteiger partial charge in [0.1, 0.15) is 6.11 Å². The van der Waals surface area contributed by atoms with Gasteiger partial charge in [-0.2, -0.15) is 0 Å². The SMILES string of the molecule is CC(=O)N(C)CCC#CO. The first-order valence-electron chi connectivity index (χ1n) is 3.02. The fourth-order valence-corrected chi connectivity index (χ4v) is 0.437. The van der Waals surface area contributed by atoms with E-state index in [1.54, 1.807) is 18.1 Å². The maximum absolute atomic E-state index is 10.6. The van der Waals surface area contributed by atoms with Crippen LogP contribution >= 0.6 is 0 Å². The van der Waals surface area contributed by atoms with Crippen LogP contribution in [-0.2, 0) is 4.79 Å². The maximum Gasteiger partial charge on any atom is 0.219 e. The lowest BCUT2D eigenvalue weighted by molar-refractivity contribution is -0.127. The van der Waals surface area contributed by atoms with Gasteiger partial charge in [0.15, 0.2) is 0 Å². The quantitative estimate of drug-likeness (QED) is 0.557. The first-order valence-corrected chi connectivity index (χ1v) is 3.02. The van der Waals surface area contributed by atoms with Crippen molar-refractivity contribution in [1.29, 1.82) is 0 Å². The van der Waals surface area contributed by atoms with Crippen LogP contribution in [-0.4, -0.2) is 29.5 Å². The molecule has 3 nitrogen and oxygen atoms in total. The number of aliphatic hydroxyl groups excluding tert-OH is 1. The Morgan fingerprint density at radius 1 is 1.70 bits per heavy atom. The molecule has 0 aromatic rings. The van der Waals surface area contributed by atoms with Crippen LogP contribution in [0.1, 0.15) is 13.3 Å². The molecule has 0 saturated carbocycles. The molecular formula is C7H11NO2. The molecule has 56 valence electrons. The van der Waals surface area contributed by atoms with E-state index < -0.39 is 0 Å². The van der Waals surface area contributed by atoms with Crippen molar-refractivity contribution in [2.24, 2.45) is 0 Å². The smallest absolute Gasteiger partial charge is 0.219 e. The summed E-state index contributed by atoms with van der Waals surface area (Å²) in [5.41, 5.74) is 0. The maximum atomic E-state index is 10.6. The van der Waals surface area contributed by atoms with Crippen molar-refractivity contribution in [3.05, 3.63) is 0 Å². The van der Waals surface area contributed by atoms with Gasteiger partial charge in [-0.05, 0) is 0 Å². The second kappa shape index (κ2) is 4.68. The third-order valence-electron chi connectivity index (χ3n) is 1.19. The summed E-state index contributed by atoms with van der Waals surface area (Å²) < 4.78 is 0. The minimum absolute atomic E-state index is 0.0136. The van der Waals surface area contributed by atoms with E-state index in [2.05, 4.69) is 5.92 Å². The van der Waals surface area contributed by atoms with Crippen molar-refractivity contribution in [3.63, 3.8) is 0 Å². The van der Waals surface area contributed by atoms with Crippen molar-refractivity contribution >= 4 is 5.91 Å². The Balaban J connectivity index is 3.46. The van der Waals surface area contributed by atoms with Crippen LogP contribution in [0.15, 0.2) is 0 Å². The summed E-state index contributed by atoms with van der Waals surface area (Å²) in [4.78, 5) is 12.1. The Bertz CT molecular complexity index is 166. The molecule has 0 aliphatic carbocycles. The number of hydrogen-bond acceptors (Lipinski definition) is 2. The largest absolute Gasteiger partial charge is 0.462 e. The summed E-state index contributed by atoms with van der Waals surface area (Å²) >= 11 is 0. The Morgan fingerprint density at radius 3 is 2.70 bits per heavy atom. The molecule has 0 bridgehead atoms. The number of nitrogens with zero attached hydrogens (tertiary/aromatic N) is 1. The van der Waals surface area contributed by atoms with Gasteiger partial charge >= 0.3 is 0 Å². The van der Waals surface area contributed by atoms with Crippen molar-refractivity contribution in [2.45, 2.75) is 13.3 Å². The molecule has 0 fully saturated rings. The molecule has 0 heterocycles. The van der Waals surface area contributed by atoms with Crippen LogP contribution in [0.4, 0.5) is 0 Å². The highest BCUT2D eigenvalue weighted by Crippen LogP contribution is 1.85. The molecule has 0 atom stereocenters. The zero-order valence-corrected chi connectivity index (χ0v) is 6.22. The van der Waals surface area contributed by atoms with Gasteiger partial charge in [-0.25, -0.2) is 0 Å². The molecule has 3 heteroatoms. The lowest BCUT2D eigenvalue weighted by Gasteiger charge is -2.11. The van der Waals surface area contributed by atoms with E-state index in [-0.39, 0.29) is 5.91 Å². The zero-order valence-electron chi connectivity index (χ0n) is 6.22. The molecule has 1 N–H and O–H groups in total. The molecule has 0 radical (unpaired) electrons. The van der Waals surface area contributed by atoms with Crippen molar-refractivity contribution in [2.75, 3.05) is 13.6 Å². The van der Waals surface area contributed by atoms with Gasteiger partial charge in [-0.1, -0.05) is 5.92 Å². The Labute approximate surface area is 60.6 Å². The molecule has 0 spiro atoms. The van der Waals surface area contributed by atoms with Gasteiger partial charge in [-0.15, -0.1) is 0 Å². The average Bonchev–Trinajstić information content (AvgIpc) is 1.88.